The number of ether oxygens (including phenoxy) is 2. The molecule has 0 bridgehead atoms. The maximum atomic E-state index is 13.6. The zero-order valence-corrected chi connectivity index (χ0v) is 22.4. The van der Waals surface area contributed by atoms with E-state index in [1.54, 1.807) is 24.3 Å². The fourth-order valence-corrected chi connectivity index (χ4v) is 5.41. The normalized spacial score (nSPS) is 13.2. The van der Waals surface area contributed by atoms with Crippen molar-refractivity contribution in [1.82, 2.24) is 14.1 Å². The molecule has 13 heteroatoms. The van der Waals surface area contributed by atoms with E-state index in [9.17, 15) is 21.6 Å². The smallest absolute Gasteiger partial charge is 0.330 e. The molecule has 1 aromatic carbocycles. The summed E-state index contributed by atoms with van der Waals surface area (Å²) in [5.41, 5.74) is 0.569. The van der Waals surface area contributed by atoms with Crippen molar-refractivity contribution in [3.63, 3.8) is 0 Å². The van der Waals surface area contributed by atoms with E-state index in [4.69, 9.17) is 9.47 Å². The number of hydrogen-bond donors (Lipinski definition) is 0. The summed E-state index contributed by atoms with van der Waals surface area (Å²) in [6.07, 6.45) is 3.67. The molecule has 1 atom stereocenters. The Balaban J connectivity index is 2.30. The quantitative estimate of drug-likeness (QED) is 0.359. The van der Waals surface area contributed by atoms with Crippen molar-refractivity contribution in [2.75, 3.05) is 37.7 Å². The summed E-state index contributed by atoms with van der Waals surface area (Å²) in [6, 6.07) is 5.67. The van der Waals surface area contributed by atoms with Crippen LogP contribution in [0.3, 0.4) is 0 Å². The third kappa shape index (κ3) is 5.99. The van der Waals surface area contributed by atoms with Gasteiger partial charge in [0.15, 0.2) is 17.1 Å². The van der Waals surface area contributed by atoms with Crippen molar-refractivity contribution in [1.29, 1.82) is 0 Å². The molecule has 186 valence electrons. The van der Waals surface area contributed by atoms with E-state index < -0.39 is 31.4 Å². The minimum atomic E-state index is -3.55. The van der Waals surface area contributed by atoms with Crippen molar-refractivity contribution in [2.24, 2.45) is 0 Å². The van der Waals surface area contributed by atoms with Crippen molar-refractivity contribution >= 4 is 46.8 Å². The fraction of sp³-hybridized carbons (Fsp3) is 0.429. The molecule has 0 spiro atoms. The summed E-state index contributed by atoms with van der Waals surface area (Å²) in [5.74, 6) is 0.235. The molecular formula is C21H26BrN3O7S2. The molecule has 0 N–H and O–H groups in total. The van der Waals surface area contributed by atoms with Crippen LogP contribution in [0.15, 0.2) is 39.7 Å². The van der Waals surface area contributed by atoms with Crippen LogP contribution in [0.4, 0.5) is 0 Å². The SMILES string of the molecule is CCOc1cc([C@@H](CS(C)(=O)=O)n2c(=O)n(CCS(C)(=O)=O)c3cc(Br)cnc32)ccc1OC. The van der Waals surface area contributed by atoms with E-state index in [2.05, 4.69) is 20.9 Å². The van der Waals surface area contributed by atoms with Gasteiger partial charge < -0.3 is 9.47 Å². The number of hydrogen-bond acceptors (Lipinski definition) is 8. The number of nitrogens with zero attached hydrogens (tertiary/aromatic N) is 3. The van der Waals surface area contributed by atoms with Gasteiger partial charge >= 0.3 is 5.69 Å². The summed E-state index contributed by atoms with van der Waals surface area (Å²) >= 11 is 3.33. The highest BCUT2D eigenvalue weighted by Crippen LogP contribution is 2.33. The van der Waals surface area contributed by atoms with E-state index in [1.807, 2.05) is 6.92 Å². The van der Waals surface area contributed by atoms with Gasteiger partial charge in [-0.1, -0.05) is 6.07 Å². The molecular weight excluding hydrogens is 550 g/mol. The molecule has 0 saturated carbocycles. The number of sulfone groups is 2. The lowest BCUT2D eigenvalue weighted by Crippen LogP contribution is -2.32. The highest BCUT2D eigenvalue weighted by molar-refractivity contribution is 9.10. The zero-order valence-electron chi connectivity index (χ0n) is 19.2. The lowest BCUT2D eigenvalue weighted by Gasteiger charge is -2.20. The van der Waals surface area contributed by atoms with E-state index in [1.165, 1.54) is 22.4 Å². The van der Waals surface area contributed by atoms with Gasteiger partial charge in [-0.3, -0.25) is 9.13 Å². The molecule has 0 aliphatic rings. The number of imidazole rings is 1. The van der Waals surface area contributed by atoms with Crippen LogP contribution in [0.25, 0.3) is 11.2 Å². The van der Waals surface area contributed by atoms with Crippen molar-refractivity contribution in [3.8, 4) is 11.5 Å². The van der Waals surface area contributed by atoms with Gasteiger partial charge in [0.25, 0.3) is 0 Å². The number of aryl methyl sites for hydroxylation is 1. The average Bonchev–Trinajstić information content (AvgIpc) is 3.00. The Morgan fingerprint density at radius 2 is 1.79 bits per heavy atom. The van der Waals surface area contributed by atoms with Gasteiger partial charge in [0.05, 0.1) is 36.8 Å². The summed E-state index contributed by atoms with van der Waals surface area (Å²) in [4.78, 5) is 17.9. The number of fused-ring (bicyclic) bond motifs is 1. The van der Waals surface area contributed by atoms with Gasteiger partial charge in [-0.25, -0.2) is 26.6 Å². The molecule has 0 amide bonds. The Hall–Kier alpha value is -2.38. The third-order valence-corrected chi connectivity index (χ3v) is 7.38. The van der Waals surface area contributed by atoms with E-state index in [0.29, 0.717) is 33.7 Å². The largest absolute Gasteiger partial charge is 0.493 e. The highest BCUT2D eigenvalue weighted by atomic mass is 79.9. The topological polar surface area (TPSA) is 127 Å². The van der Waals surface area contributed by atoms with Crippen molar-refractivity contribution < 1.29 is 26.3 Å². The van der Waals surface area contributed by atoms with Crippen LogP contribution in [0.1, 0.15) is 18.5 Å². The van der Waals surface area contributed by atoms with Crippen LogP contribution in [0, 0.1) is 0 Å². The highest BCUT2D eigenvalue weighted by Gasteiger charge is 2.27. The maximum absolute atomic E-state index is 13.6. The predicted octanol–water partition coefficient (Wildman–Crippen LogP) is 2.05. The van der Waals surface area contributed by atoms with Crippen LogP contribution in [-0.4, -0.2) is 68.7 Å². The minimum Gasteiger partial charge on any atom is -0.493 e. The lowest BCUT2D eigenvalue weighted by molar-refractivity contribution is 0.310. The predicted molar refractivity (Wildman–Crippen MR) is 133 cm³/mol. The van der Waals surface area contributed by atoms with E-state index in [-0.39, 0.29) is 23.7 Å². The van der Waals surface area contributed by atoms with Crippen LogP contribution in [0.2, 0.25) is 0 Å². The van der Waals surface area contributed by atoms with Gasteiger partial charge in [-0.05, 0) is 46.6 Å². The van der Waals surface area contributed by atoms with Crippen LogP contribution in [-0.2, 0) is 26.2 Å². The summed E-state index contributed by atoms with van der Waals surface area (Å²) in [5, 5.41) is 0. The molecule has 10 nitrogen and oxygen atoms in total. The molecule has 0 aliphatic carbocycles. The lowest BCUT2D eigenvalue weighted by atomic mass is 10.1. The molecule has 0 aliphatic heterocycles. The number of halogens is 1. The first-order valence-corrected chi connectivity index (χ1v) is 15.2. The first kappa shape index (κ1) is 26.2. The maximum Gasteiger partial charge on any atom is 0.330 e. The second-order valence-corrected chi connectivity index (χ2v) is 13.2. The minimum absolute atomic E-state index is 0.0995. The number of methoxy groups -OCH3 is 1. The molecule has 0 saturated heterocycles. The van der Waals surface area contributed by atoms with Gasteiger partial charge in [-0.15, -0.1) is 0 Å². The molecule has 0 fully saturated rings. The Labute approximate surface area is 206 Å². The number of benzene rings is 1. The first-order valence-electron chi connectivity index (χ1n) is 10.3. The number of aromatic nitrogens is 3. The van der Waals surface area contributed by atoms with Crippen molar-refractivity contribution in [3.05, 3.63) is 51.0 Å². The van der Waals surface area contributed by atoms with Gasteiger partial charge in [0.2, 0.25) is 0 Å². The number of rotatable bonds is 10. The monoisotopic (exact) mass is 575 g/mol. The van der Waals surface area contributed by atoms with Gasteiger partial charge in [-0.2, -0.15) is 0 Å². The second kappa shape index (κ2) is 10.1. The second-order valence-electron chi connectivity index (χ2n) is 7.88. The molecule has 0 unspecified atom stereocenters. The molecule has 3 rings (SSSR count). The van der Waals surface area contributed by atoms with Crippen molar-refractivity contribution in [2.45, 2.75) is 19.5 Å². The number of pyridine rings is 1. The Kier molecular flexibility index (Phi) is 7.78. The Bertz CT molecular complexity index is 1480. The van der Waals surface area contributed by atoms with Crippen LogP contribution < -0.4 is 15.2 Å². The molecule has 2 heterocycles. The molecule has 0 radical (unpaired) electrons. The standard InChI is InChI=1S/C21H26BrN3O7S2/c1-5-32-19-10-14(6-7-18(19)31-2)17(13-34(4,29)30)25-20-16(11-15(22)12-23-20)24(21(25)26)8-9-33(3,27)28/h6-7,10-12,17H,5,8-9,13H2,1-4H3/t17-/m1/s1. The van der Waals surface area contributed by atoms with E-state index in [0.717, 1.165) is 12.5 Å². The van der Waals surface area contributed by atoms with Gasteiger partial charge in [0, 0.05) is 29.7 Å². The Morgan fingerprint density at radius 1 is 1.09 bits per heavy atom. The van der Waals surface area contributed by atoms with Gasteiger partial charge in [0.1, 0.15) is 19.7 Å². The average molecular weight is 576 g/mol. The molecule has 2 aromatic heterocycles. The Morgan fingerprint density at radius 3 is 2.38 bits per heavy atom. The van der Waals surface area contributed by atoms with Crippen LogP contribution >= 0.6 is 15.9 Å². The summed E-state index contributed by atoms with van der Waals surface area (Å²) < 4.78 is 62.5. The summed E-state index contributed by atoms with van der Waals surface area (Å²) in [6.45, 7) is 2.07. The van der Waals surface area contributed by atoms with E-state index >= 15 is 0 Å². The summed E-state index contributed by atoms with van der Waals surface area (Å²) in [7, 11) is -5.42. The molecule has 34 heavy (non-hydrogen) atoms. The third-order valence-electron chi connectivity index (χ3n) is 5.10. The van der Waals surface area contributed by atoms with Crippen LogP contribution in [0.5, 0.6) is 11.5 Å². The zero-order chi connectivity index (χ0) is 25.3. The fourth-order valence-electron chi connectivity index (χ4n) is 3.66. The molecule has 3 aromatic rings. The first-order chi connectivity index (χ1) is 15.8.